The normalized spacial score (nSPS) is 15.2. The number of amides is 1. The number of rotatable bonds is 7. The lowest BCUT2D eigenvalue weighted by atomic mass is 9.96. The van der Waals surface area contributed by atoms with Crippen LogP contribution in [0.4, 0.5) is 0 Å². The highest BCUT2D eigenvalue weighted by Gasteiger charge is 2.23. The molecule has 1 saturated heterocycles. The number of carbonyl (C=O) groups is 2. The van der Waals surface area contributed by atoms with Gasteiger partial charge in [-0.3, -0.25) is 9.59 Å². The minimum atomic E-state index is 0.0426. The van der Waals surface area contributed by atoms with Gasteiger partial charge < -0.3 is 9.47 Å². The largest absolute Gasteiger partial charge is 0.343 e. The molecule has 1 aromatic heterocycles. The van der Waals surface area contributed by atoms with Gasteiger partial charge in [-0.25, -0.2) is 4.98 Å². The lowest BCUT2D eigenvalue weighted by molar-refractivity contribution is -0.132. The van der Waals surface area contributed by atoms with Gasteiger partial charge in [-0.1, -0.05) is 37.3 Å². The molecule has 0 aliphatic carbocycles. The standard InChI is InChI=1S/C21H27N3O2/c1-2-20-22-12-15-24(20)16-17-10-13-23(14-11-17)21(26)9-8-19(25)18-6-4-3-5-7-18/h3-7,12,15,17H,2,8-11,13-14,16H2,1H3. The predicted octanol–water partition coefficient (Wildman–Crippen LogP) is 3.35. The molecule has 26 heavy (non-hydrogen) atoms. The number of ketones is 1. The van der Waals surface area contributed by atoms with E-state index in [1.165, 1.54) is 0 Å². The van der Waals surface area contributed by atoms with E-state index in [2.05, 4.69) is 16.5 Å². The van der Waals surface area contributed by atoms with E-state index < -0.39 is 0 Å². The van der Waals surface area contributed by atoms with Crippen molar-refractivity contribution < 1.29 is 9.59 Å². The first-order valence-corrected chi connectivity index (χ1v) is 9.53. The molecule has 0 unspecified atom stereocenters. The van der Waals surface area contributed by atoms with Crippen LogP contribution in [0.2, 0.25) is 0 Å². The molecular weight excluding hydrogens is 326 g/mol. The summed E-state index contributed by atoms with van der Waals surface area (Å²) in [5, 5.41) is 0. The summed E-state index contributed by atoms with van der Waals surface area (Å²) in [5.41, 5.74) is 0.686. The van der Waals surface area contributed by atoms with Crippen LogP contribution in [0.3, 0.4) is 0 Å². The zero-order valence-electron chi connectivity index (χ0n) is 15.4. The minimum Gasteiger partial charge on any atom is -0.343 e. The fourth-order valence-electron chi connectivity index (χ4n) is 3.61. The number of hydrogen-bond donors (Lipinski definition) is 0. The van der Waals surface area contributed by atoms with Crippen molar-refractivity contribution in [1.82, 2.24) is 14.5 Å². The molecule has 2 heterocycles. The predicted molar refractivity (Wildman–Crippen MR) is 101 cm³/mol. The van der Waals surface area contributed by atoms with Crippen molar-refractivity contribution in [3.63, 3.8) is 0 Å². The lowest BCUT2D eigenvalue weighted by Gasteiger charge is -2.32. The first-order chi connectivity index (χ1) is 12.7. The summed E-state index contributed by atoms with van der Waals surface area (Å²) in [7, 11) is 0. The Morgan fingerprint density at radius 1 is 1.12 bits per heavy atom. The molecule has 5 nitrogen and oxygen atoms in total. The smallest absolute Gasteiger partial charge is 0.223 e. The minimum absolute atomic E-state index is 0.0426. The van der Waals surface area contributed by atoms with E-state index in [1.807, 2.05) is 35.5 Å². The second kappa shape index (κ2) is 8.79. The summed E-state index contributed by atoms with van der Waals surface area (Å²) in [6, 6.07) is 9.20. The summed E-state index contributed by atoms with van der Waals surface area (Å²) >= 11 is 0. The Morgan fingerprint density at radius 3 is 2.54 bits per heavy atom. The van der Waals surface area contributed by atoms with Gasteiger partial charge in [0.15, 0.2) is 5.78 Å². The summed E-state index contributed by atoms with van der Waals surface area (Å²) in [6.45, 7) is 4.69. The van der Waals surface area contributed by atoms with Crippen LogP contribution in [0.15, 0.2) is 42.7 Å². The summed E-state index contributed by atoms with van der Waals surface area (Å²) in [4.78, 5) is 30.9. The van der Waals surface area contributed by atoms with Crippen LogP contribution in [-0.4, -0.2) is 39.2 Å². The first-order valence-electron chi connectivity index (χ1n) is 9.53. The number of nitrogens with zero attached hydrogens (tertiary/aromatic N) is 3. The Balaban J connectivity index is 1.43. The average molecular weight is 353 g/mol. The van der Waals surface area contributed by atoms with Gasteiger partial charge in [-0.2, -0.15) is 0 Å². The molecule has 0 saturated carbocycles. The van der Waals surface area contributed by atoms with Crippen molar-refractivity contribution in [3.05, 3.63) is 54.1 Å². The van der Waals surface area contributed by atoms with Crippen LogP contribution < -0.4 is 0 Å². The number of piperidine rings is 1. The number of aryl methyl sites for hydroxylation is 1. The molecule has 0 atom stereocenters. The third-order valence-corrected chi connectivity index (χ3v) is 5.20. The van der Waals surface area contributed by atoms with Gasteiger partial charge in [0.1, 0.15) is 5.82 Å². The van der Waals surface area contributed by atoms with Crippen molar-refractivity contribution >= 4 is 11.7 Å². The number of carbonyl (C=O) groups excluding carboxylic acids is 2. The Hall–Kier alpha value is -2.43. The molecule has 2 aromatic rings. The molecule has 1 aromatic carbocycles. The van der Waals surface area contributed by atoms with Gasteiger partial charge in [0.05, 0.1) is 0 Å². The summed E-state index contributed by atoms with van der Waals surface area (Å²) in [5.74, 6) is 1.86. The van der Waals surface area contributed by atoms with E-state index in [0.29, 0.717) is 17.9 Å². The Labute approximate surface area is 155 Å². The highest BCUT2D eigenvalue weighted by molar-refractivity contribution is 5.97. The van der Waals surface area contributed by atoms with Crippen LogP contribution in [0, 0.1) is 5.92 Å². The molecule has 0 spiro atoms. The number of aromatic nitrogens is 2. The fraction of sp³-hybridized carbons (Fsp3) is 0.476. The fourth-order valence-corrected chi connectivity index (χ4v) is 3.61. The van der Waals surface area contributed by atoms with Crippen molar-refractivity contribution in [2.75, 3.05) is 13.1 Å². The van der Waals surface area contributed by atoms with Gasteiger partial charge in [-0.05, 0) is 18.8 Å². The van der Waals surface area contributed by atoms with E-state index in [4.69, 9.17) is 0 Å². The maximum absolute atomic E-state index is 12.4. The zero-order chi connectivity index (χ0) is 18.4. The van der Waals surface area contributed by atoms with Crippen LogP contribution in [0.25, 0.3) is 0 Å². The molecule has 0 bridgehead atoms. The van der Waals surface area contributed by atoms with Crippen molar-refractivity contribution in [1.29, 1.82) is 0 Å². The van der Waals surface area contributed by atoms with E-state index >= 15 is 0 Å². The van der Waals surface area contributed by atoms with Crippen LogP contribution in [-0.2, 0) is 17.8 Å². The molecule has 1 aliphatic heterocycles. The maximum atomic E-state index is 12.4. The molecule has 3 rings (SSSR count). The van der Waals surface area contributed by atoms with Gasteiger partial charge in [0.2, 0.25) is 5.91 Å². The second-order valence-corrected chi connectivity index (χ2v) is 6.96. The number of benzene rings is 1. The molecule has 5 heteroatoms. The Kier molecular flexibility index (Phi) is 6.21. The van der Waals surface area contributed by atoms with Crippen molar-refractivity contribution in [2.24, 2.45) is 5.92 Å². The van der Waals surface area contributed by atoms with Gasteiger partial charge >= 0.3 is 0 Å². The van der Waals surface area contributed by atoms with Gasteiger partial charge in [-0.15, -0.1) is 0 Å². The van der Waals surface area contributed by atoms with Crippen molar-refractivity contribution in [2.45, 2.75) is 45.6 Å². The Bertz CT molecular complexity index is 731. The number of imidazole rings is 1. The first kappa shape index (κ1) is 18.4. The molecular formula is C21H27N3O2. The van der Waals surface area contributed by atoms with Crippen molar-refractivity contribution in [3.8, 4) is 0 Å². The SMILES string of the molecule is CCc1nccn1CC1CCN(C(=O)CCC(=O)c2ccccc2)CC1. The molecule has 0 radical (unpaired) electrons. The van der Waals surface area contributed by atoms with Gasteiger partial charge in [0, 0.05) is 56.9 Å². The zero-order valence-corrected chi connectivity index (χ0v) is 15.4. The van der Waals surface area contributed by atoms with E-state index in [9.17, 15) is 9.59 Å². The molecule has 138 valence electrons. The third kappa shape index (κ3) is 4.59. The topological polar surface area (TPSA) is 55.2 Å². The van der Waals surface area contributed by atoms with E-state index in [1.54, 1.807) is 12.1 Å². The molecule has 1 fully saturated rings. The third-order valence-electron chi connectivity index (χ3n) is 5.20. The number of Topliss-reactive ketones (excluding diaryl/α,β-unsaturated/α-hetero) is 1. The highest BCUT2D eigenvalue weighted by Crippen LogP contribution is 2.21. The lowest BCUT2D eigenvalue weighted by Crippen LogP contribution is -2.39. The second-order valence-electron chi connectivity index (χ2n) is 6.96. The van der Waals surface area contributed by atoms with Crippen LogP contribution in [0.1, 0.15) is 48.8 Å². The van der Waals surface area contributed by atoms with Gasteiger partial charge in [0.25, 0.3) is 0 Å². The molecule has 1 amide bonds. The number of hydrogen-bond acceptors (Lipinski definition) is 3. The summed E-state index contributed by atoms with van der Waals surface area (Å²) in [6.07, 6.45) is 7.48. The average Bonchev–Trinajstić information content (AvgIpc) is 3.14. The summed E-state index contributed by atoms with van der Waals surface area (Å²) < 4.78 is 2.24. The van der Waals surface area contributed by atoms with Crippen LogP contribution >= 0.6 is 0 Å². The molecule has 1 aliphatic rings. The van der Waals surface area contributed by atoms with E-state index in [-0.39, 0.29) is 18.1 Å². The number of likely N-dealkylation sites (tertiary alicyclic amines) is 1. The highest BCUT2D eigenvalue weighted by atomic mass is 16.2. The Morgan fingerprint density at radius 2 is 1.85 bits per heavy atom. The quantitative estimate of drug-likeness (QED) is 0.717. The van der Waals surface area contributed by atoms with E-state index in [0.717, 1.165) is 44.7 Å². The monoisotopic (exact) mass is 353 g/mol. The maximum Gasteiger partial charge on any atom is 0.223 e. The van der Waals surface area contributed by atoms with Crippen LogP contribution in [0.5, 0.6) is 0 Å². The molecule has 0 N–H and O–H groups in total.